The van der Waals surface area contributed by atoms with Crippen LogP contribution in [0.1, 0.15) is 130 Å². The van der Waals surface area contributed by atoms with Gasteiger partial charge in [0.15, 0.2) is 0 Å². The molecule has 0 unspecified atom stereocenters. The number of hydrogen-bond donors (Lipinski definition) is 0. The van der Waals surface area contributed by atoms with E-state index in [0.717, 1.165) is 24.3 Å². The Balaban J connectivity index is 1.51. The van der Waals surface area contributed by atoms with Crippen LogP contribution in [0.2, 0.25) is 0 Å². The summed E-state index contributed by atoms with van der Waals surface area (Å²) in [6, 6.07) is 15.7. The topological polar surface area (TPSA) is 50.1 Å². The van der Waals surface area contributed by atoms with E-state index in [2.05, 4.69) is 32.0 Å². The Morgan fingerprint density at radius 2 is 1.57 bits per heavy atom. The average Bonchev–Trinajstić information content (AvgIpc) is 2.90. The van der Waals surface area contributed by atoms with Gasteiger partial charge in [0.05, 0.1) is 11.1 Å². The summed E-state index contributed by atoms with van der Waals surface area (Å²) in [5.41, 5.74) is 3.41. The third-order valence-electron chi connectivity index (χ3n) is 7.62. The van der Waals surface area contributed by atoms with Crippen LogP contribution in [0.25, 0.3) is 0 Å². The number of esters is 1. The van der Waals surface area contributed by atoms with Crippen LogP contribution < -0.4 is 4.74 Å². The number of unbranched alkanes of at least 4 members (excludes halogenated alkanes) is 6. The van der Waals surface area contributed by atoms with Crippen molar-refractivity contribution < 1.29 is 9.53 Å². The van der Waals surface area contributed by atoms with Crippen LogP contribution in [0.5, 0.6) is 5.75 Å². The molecule has 0 aromatic heterocycles. The molecule has 0 amide bonds. The number of rotatable bonds is 13. The molecular weight excluding hydrogens is 430 g/mol. The Bertz CT molecular complexity index is 949. The fraction of sp³-hybridized carbons (Fsp3) is 0.562. The third-order valence-corrected chi connectivity index (χ3v) is 7.62. The van der Waals surface area contributed by atoms with Crippen molar-refractivity contribution in [2.75, 3.05) is 0 Å². The molecule has 3 heteroatoms. The van der Waals surface area contributed by atoms with Gasteiger partial charge >= 0.3 is 5.97 Å². The number of carbonyl (C=O) groups is 1. The van der Waals surface area contributed by atoms with Gasteiger partial charge in [0.25, 0.3) is 0 Å². The second kappa shape index (κ2) is 14.7. The molecule has 0 aliphatic heterocycles. The van der Waals surface area contributed by atoms with Gasteiger partial charge < -0.3 is 4.74 Å². The van der Waals surface area contributed by atoms with Crippen LogP contribution in [-0.2, 0) is 6.42 Å². The van der Waals surface area contributed by atoms with Crippen molar-refractivity contribution in [2.45, 2.75) is 110 Å². The lowest BCUT2D eigenvalue weighted by Gasteiger charge is -2.29. The zero-order chi connectivity index (χ0) is 24.9. The summed E-state index contributed by atoms with van der Waals surface area (Å²) in [4.78, 5) is 12.8. The second-order valence-corrected chi connectivity index (χ2v) is 10.3. The zero-order valence-corrected chi connectivity index (χ0v) is 21.9. The van der Waals surface area contributed by atoms with Crippen LogP contribution >= 0.6 is 0 Å². The van der Waals surface area contributed by atoms with Crippen molar-refractivity contribution in [2.24, 2.45) is 5.92 Å². The standard InChI is InChI=1S/C32H43NO2/c1-3-5-7-9-11-25-13-16-27(17-14-25)28-18-20-29(21-19-28)32(34)35-31-22-15-26(23-30(31)24-33)12-10-8-6-4-2/h15,18-23,25,27H,3-14,16-17H2,1-2H3. The Hall–Kier alpha value is -2.60. The molecule has 0 spiro atoms. The number of nitrogens with zero attached hydrogens (tertiary/aromatic N) is 1. The van der Waals surface area contributed by atoms with Crippen molar-refractivity contribution >= 4 is 5.97 Å². The third kappa shape index (κ3) is 8.53. The van der Waals surface area contributed by atoms with Crippen LogP contribution in [-0.4, -0.2) is 5.97 Å². The smallest absolute Gasteiger partial charge is 0.343 e. The highest BCUT2D eigenvalue weighted by molar-refractivity contribution is 5.91. The number of aryl methyl sites for hydroxylation is 1. The molecular formula is C32H43NO2. The summed E-state index contributed by atoms with van der Waals surface area (Å²) in [5, 5.41) is 9.57. The van der Waals surface area contributed by atoms with E-state index < -0.39 is 5.97 Å². The van der Waals surface area contributed by atoms with Crippen LogP contribution in [0, 0.1) is 17.2 Å². The van der Waals surface area contributed by atoms with Gasteiger partial charge in [0.2, 0.25) is 0 Å². The monoisotopic (exact) mass is 473 g/mol. The maximum atomic E-state index is 12.8. The van der Waals surface area contributed by atoms with E-state index in [1.54, 1.807) is 6.07 Å². The normalized spacial score (nSPS) is 17.6. The van der Waals surface area contributed by atoms with E-state index in [1.807, 2.05) is 24.3 Å². The minimum absolute atomic E-state index is 0.344. The summed E-state index contributed by atoms with van der Waals surface area (Å²) >= 11 is 0. The van der Waals surface area contributed by atoms with Gasteiger partial charge in [-0.15, -0.1) is 0 Å². The molecule has 1 aliphatic rings. The molecule has 0 heterocycles. The Morgan fingerprint density at radius 1 is 0.886 bits per heavy atom. The van der Waals surface area contributed by atoms with Gasteiger partial charge in [-0.2, -0.15) is 5.26 Å². The molecule has 2 aromatic rings. The predicted octanol–water partition coefficient (Wildman–Crippen LogP) is 9.14. The predicted molar refractivity (Wildman–Crippen MR) is 144 cm³/mol. The lowest BCUT2D eigenvalue weighted by atomic mass is 9.77. The number of benzene rings is 2. The Kier molecular flexibility index (Phi) is 11.4. The summed E-state index contributed by atoms with van der Waals surface area (Å²) in [6.07, 6.45) is 17.7. The van der Waals surface area contributed by atoms with Gasteiger partial charge in [-0.25, -0.2) is 4.79 Å². The van der Waals surface area contributed by atoms with E-state index in [0.29, 0.717) is 22.8 Å². The quantitative estimate of drug-likeness (QED) is 0.165. The van der Waals surface area contributed by atoms with Crippen molar-refractivity contribution in [3.63, 3.8) is 0 Å². The summed E-state index contributed by atoms with van der Waals surface area (Å²) in [5.74, 6) is 1.44. The van der Waals surface area contributed by atoms with E-state index in [9.17, 15) is 10.1 Å². The molecule has 1 fully saturated rings. The van der Waals surface area contributed by atoms with E-state index in [1.165, 1.54) is 82.6 Å². The van der Waals surface area contributed by atoms with Gasteiger partial charge in [0, 0.05) is 0 Å². The Labute approximate surface area is 212 Å². The number of nitriles is 1. The molecule has 0 saturated heterocycles. The highest BCUT2D eigenvalue weighted by Crippen LogP contribution is 2.38. The van der Waals surface area contributed by atoms with Gasteiger partial charge in [-0.3, -0.25) is 0 Å². The summed E-state index contributed by atoms with van der Waals surface area (Å²) in [7, 11) is 0. The number of hydrogen-bond acceptors (Lipinski definition) is 3. The fourth-order valence-corrected chi connectivity index (χ4v) is 5.36. The first kappa shape index (κ1) is 27.0. The van der Waals surface area contributed by atoms with E-state index in [4.69, 9.17) is 4.74 Å². The molecule has 2 aromatic carbocycles. The van der Waals surface area contributed by atoms with Crippen molar-refractivity contribution in [3.8, 4) is 11.8 Å². The molecule has 1 aliphatic carbocycles. The molecule has 3 nitrogen and oxygen atoms in total. The maximum Gasteiger partial charge on any atom is 0.343 e. The first-order valence-corrected chi connectivity index (χ1v) is 14.0. The number of ether oxygens (including phenoxy) is 1. The van der Waals surface area contributed by atoms with Gasteiger partial charge in [-0.05, 0) is 85.8 Å². The van der Waals surface area contributed by atoms with Crippen molar-refractivity contribution in [1.29, 1.82) is 5.26 Å². The van der Waals surface area contributed by atoms with Crippen LogP contribution in [0.4, 0.5) is 0 Å². The molecule has 1 saturated carbocycles. The van der Waals surface area contributed by atoms with Gasteiger partial charge in [0.1, 0.15) is 11.8 Å². The lowest BCUT2D eigenvalue weighted by molar-refractivity contribution is 0.0734. The first-order chi connectivity index (χ1) is 17.1. The zero-order valence-electron chi connectivity index (χ0n) is 21.9. The number of carbonyl (C=O) groups excluding carboxylic acids is 1. The highest BCUT2D eigenvalue weighted by Gasteiger charge is 2.22. The Morgan fingerprint density at radius 3 is 2.23 bits per heavy atom. The molecule has 0 bridgehead atoms. The largest absolute Gasteiger partial charge is 0.422 e. The van der Waals surface area contributed by atoms with E-state index in [-0.39, 0.29) is 0 Å². The van der Waals surface area contributed by atoms with Crippen molar-refractivity contribution in [3.05, 3.63) is 64.7 Å². The molecule has 35 heavy (non-hydrogen) atoms. The van der Waals surface area contributed by atoms with Crippen LogP contribution in [0.3, 0.4) is 0 Å². The first-order valence-electron chi connectivity index (χ1n) is 14.0. The molecule has 0 N–H and O–H groups in total. The van der Waals surface area contributed by atoms with Gasteiger partial charge in [-0.1, -0.05) is 83.4 Å². The fourth-order valence-electron chi connectivity index (χ4n) is 5.36. The van der Waals surface area contributed by atoms with Crippen molar-refractivity contribution in [1.82, 2.24) is 0 Å². The summed E-state index contributed by atoms with van der Waals surface area (Å²) < 4.78 is 5.61. The average molecular weight is 474 g/mol. The highest BCUT2D eigenvalue weighted by atomic mass is 16.5. The summed E-state index contributed by atoms with van der Waals surface area (Å²) in [6.45, 7) is 4.47. The minimum atomic E-state index is -0.403. The molecule has 0 atom stereocenters. The second-order valence-electron chi connectivity index (χ2n) is 10.3. The molecule has 3 rings (SSSR count). The van der Waals surface area contributed by atoms with E-state index >= 15 is 0 Å². The lowest BCUT2D eigenvalue weighted by Crippen LogP contribution is -2.14. The molecule has 188 valence electrons. The van der Waals surface area contributed by atoms with Crippen LogP contribution in [0.15, 0.2) is 42.5 Å². The minimum Gasteiger partial charge on any atom is -0.422 e. The maximum absolute atomic E-state index is 12.8. The SMILES string of the molecule is CCCCCCc1ccc(OC(=O)c2ccc(C3CCC(CCCCCC)CC3)cc2)c(C#N)c1. The molecule has 0 radical (unpaired) electrons.